The monoisotopic (exact) mass is 393 g/mol. The Morgan fingerprint density at radius 2 is 2.00 bits per heavy atom. The van der Waals surface area contributed by atoms with E-state index in [-0.39, 0.29) is 24.2 Å². The number of nitrogens with one attached hydrogen (secondary N) is 2. The highest BCUT2D eigenvalue weighted by molar-refractivity contribution is 5.97. The number of anilines is 1. The Labute approximate surface area is 168 Å². The molecule has 6 heteroatoms. The third kappa shape index (κ3) is 6.22. The van der Waals surface area contributed by atoms with E-state index in [1.165, 1.54) is 19.3 Å². The molecule has 2 amide bonds. The van der Waals surface area contributed by atoms with E-state index in [2.05, 4.69) is 17.6 Å². The van der Waals surface area contributed by atoms with Crippen molar-refractivity contribution in [1.29, 1.82) is 0 Å². The third-order valence-electron chi connectivity index (χ3n) is 5.68. The zero-order chi connectivity index (χ0) is 18.4. The maximum Gasteiger partial charge on any atom is 0.253 e. The summed E-state index contributed by atoms with van der Waals surface area (Å²) in [5.74, 6) is 1.04. The molecular formula is C21H32ClN3O2. The molecule has 2 heterocycles. The first kappa shape index (κ1) is 21.7. The Bertz CT molecular complexity index is 626. The molecule has 0 aromatic heterocycles. The fourth-order valence-electron chi connectivity index (χ4n) is 4.05. The first-order valence-electron chi connectivity index (χ1n) is 10.0. The van der Waals surface area contributed by atoms with E-state index in [4.69, 9.17) is 0 Å². The van der Waals surface area contributed by atoms with Gasteiger partial charge in [-0.3, -0.25) is 9.59 Å². The quantitative estimate of drug-likeness (QED) is 0.801. The Hall–Kier alpha value is -1.59. The lowest BCUT2D eigenvalue weighted by molar-refractivity contribution is -0.117. The number of hydrogen-bond donors (Lipinski definition) is 2. The molecule has 0 spiro atoms. The van der Waals surface area contributed by atoms with Gasteiger partial charge in [-0.2, -0.15) is 0 Å². The summed E-state index contributed by atoms with van der Waals surface area (Å²) >= 11 is 0. The van der Waals surface area contributed by atoms with Crippen molar-refractivity contribution in [2.75, 3.05) is 31.5 Å². The molecule has 1 aromatic carbocycles. The van der Waals surface area contributed by atoms with E-state index in [0.717, 1.165) is 39.0 Å². The van der Waals surface area contributed by atoms with Gasteiger partial charge in [0.05, 0.1) is 0 Å². The molecule has 2 fully saturated rings. The highest BCUT2D eigenvalue weighted by atomic mass is 35.5. The van der Waals surface area contributed by atoms with Crippen molar-refractivity contribution in [3.63, 3.8) is 0 Å². The molecule has 0 aliphatic carbocycles. The minimum atomic E-state index is 0. The number of rotatable bonds is 5. The minimum absolute atomic E-state index is 0. The first-order chi connectivity index (χ1) is 12.6. The number of carbonyl (C=O) groups excluding carboxylic acids is 2. The number of hydrogen-bond acceptors (Lipinski definition) is 3. The smallest absolute Gasteiger partial charge is 0.253 e. The number of piperidine rings is 2. The number of carbonyl (C=O) groups is 2. The van der Waals surface area contributed by atoms with Gasteiger partial charge in [-0.15, -0.1) is 12.4 Å². The summed E-state index contributed by atoms with van der Waals surface area (Å²) in [5.41, 5.74) is 1.38. The molecule has 0 saturated carbocycles. The standard InChI is InChI=1S/C21H31N3O2.ClH/c1-16(18-8-6-10-22-15-18)13-20(25)23-19-9-5-7-17(14-19)21(26)24-11-3-2-4-12-24;/h5,7,9,14,16,18,22H,2-4,6,8,10-13,15H2,1H3,(H,23,25);1H. The van der Waals surface area contributed by atoms with E-state index in [9.17, 15) is 9.59 Å². The highest BCUT2D eigenvalue weighted by Crippen LogP contribution is 2.23. The van der Waals surface area contributed by atoms with Gasteiger partial charge in [-0.1, -0.05) is 13.0 Å². The summed E-state index contributed by atoms with van der Waals surface area (Å²) in [4.78, 5) is 27.0. The molecule has 2 N–H and O–H groups in total. The fourth-order valence-corrected chi connectivity index (χ4v) is 4.05. The predicted molar refractivity (Wildman–Crippen MR) is 111 cm³/mol. The van der Waals surface area contributed by atoms with Gasteiger partial charge >= 0.3 is 0 Å². The summed E-state index contributed by atoms with van der Waals surface area (Å²) in [6.07, 6.45) is 6.27. The van der Waals surface area contributed by atoms with Crippen LogP contribution in [0.15, 0.2) is 24.3 Å². The molecule has 2 saturated heterocycles. The zero-order valence-electron chi connectivity index (χ0n) is 16.2. The summed E-state index contributed by atoms with van der Waals surface area (Å²) < 4.78 is 0. The van der Waals surface area contributed by atoms with Crippen molar-refractivity contribution in [2.24, 2.45) is 11.8 Å². The largest absolute Gasteiger partial charge is 0.339 e. The van der Waals surface area contributed by atoms with Crippen LogP contribution in [-0.4, -0.2) is 42.9 Å². The van der Waals surface area contributed by atoms with Crippen molar-refractivity contribution in [3.8, 4) is 0 Å². The molecule has 2 aliphatic heterocycles. The number of amides is 2. The predicted octanol–water partition coefficient (Wildman–Crippen LogP) is 3.70. The number of likely N-dealkylation sites (tertiary alicyclic amines) is 1. The molecule has 1 aromatic rings. The molecular weight excluding hydrogens is 362 g/mol. The van der Waals surface area contributed by atoms with Gasteiger partial charge in [0.15, 0.2) is 0 Å². The molecule has 0 bridgehead atoms. The second-order valence-corrected chi connectivity index (χ2v) is 7.77. The van der Waals surface area contributed by atoms with Crippen LogP contribution < -0.4 is 10.6 Å². The maximum atomic E-state index is 12.6. The second kappa shape index (κ2) is 10.7. The highest BCUT2D eigenvalue weighted by Gasteiger charge is 2.22. The number of halogens is 1. The van der Waals surface area contributed by atoms with E-state index >= 15 is 0 Å². The second-order valence-electron chi connectivity index (χ2n) is 7.77. The summed E-state index contributed by atoms with van der Waals surface area (Å²) in [6, 6.07) is 7.35. The lowest BCUT2D eigenvalue weighted by Gasteiger charge is -2.28. The normalized spacial score (nSPS) is 21.1. The van der Waals surface area contributed by atoms with Crippen molar-refractivity contribution in [1.82, 2.24) is 10.2 Å². The van der Waals surface area contributed by atoms with Crippen molar-refractivity contribution < 1.29 is 9.59 Å². The van der Waals surface area contributed by atoms with Crippen LogP contribution in [0.4, 0.5) is 5.69 Å². The van der Waals surface area contributed by atoms with Crippen LogP contribution in [0.3, 0.4) is 0 Å². The van der Waals surface area contributed by atoms with Gasteiger partial charge in [0.1, 0.15) is 0 Å². The van der Waals surface area contributed by atoms with Crippen LogP contribution in [0.2, 0.25) is 0 Å². The topological polar surface area (TPSA) is 61.4 Å². The summed E-state index contributed by atoms with van der Waals surface area (Å²) in [6.45, 7) is 5.93. The Kier molecular flexibility index (Phi) is 8.58. The number of nitrogens with zero attached hydrogens (tertiary/aromatic N) is 1. The van der Waals surface area contributed by atoms with Gasteiger partial charge in [0.2, 0.25) is 5.91 Å². The van der Waals surface area contributed by atoms with Crippen molar-refractivity contribution in [2.45, 2.75) is 45.4 Å². The van der Waals surface area contributed by atoms with E-state index < -0.39 is 0 Å². The lowest BCUT2D eigenvalue weighted by atomic mass is 9.85. The van der Waals surface area contributed by atoms with Crippen LogP contribution in [0.5, 0.6) is 0 Å². The fraction of sp³-hybridized carbons (Fsp3) is 0.619. The molecule has 5 nitrogen and oxygen atoms in total. The van der Waals surface area contributed by atoms with Gasteiger partial charge < -0.3 is 15.5 Å². The molecule has 2 unspecified atom stereocenters. The molecule has 150 valence electrons. The van der Waals surface area contributed by atoms with Crippen LogP contribution >= 0.6 is 12.4 Å². The zero-order valence-corrected chi connectivity index (χ0v) is 17.0. The third-order valence-corrected chi connectivity index (χ3v) is 5.68. The average Bonchev–Trinajstić information content (AvgIpc) is 2.69. The van der Waals surface area contributed by atoms with Gasteiger partial charge in [0, 0.05) is 30.8 Å². The van der Waals surface area contributed by atoms with Crippen molar-refractivity contribution >= 4 is 29.9 Å². The SMILES string of the molecule is CC(CC(=O)Nc1cccc(C(=O)N2CCCCC2)c1)C1CCCNC1.Cl. The summed E-state index contributed by atoms with van der Waals surface area (Å²) in [7, 11) is 0. The van der Waals surface area contributed by atoms with E-state index in [0.29, 0.717) is 29.5 Å². The van der Waals surface area contributed by atoms with Crippen LogP contribution in [0, 0.1) is 11.8 Å². The Morgan fingerprint density at radius 3 is 2.70 bits per heavy atom. The minimum Gasteiger partial charge on any atom is -0.339 e. The van der Waals surface area contributed by atoms with Gasteiger partial charge in [-0.25, -0.2) is 0 Å². The average molecular weight is 394 g/mol. The van der Waals surface area contributed by atoms with E-state index in [1.807, 2.05) is 29.2 Å². The Morgan fingerprint density at radius 1 is 1.22 bits per heavy atom. The summed E-state index contributed by atoms with van der Waals surface area (Å²) in [5, 5.41) is 6.40. The van der Waals surface area contributed by atoms with E-state index in [1.54, 1.807) is 0 Å². The van der Waals surface area contributed by atoms with Crippen LogP contribution in [0.1, 0.15) is 55.8 Å². The molecule has 3 rings (SSSR count). The molecule has 2 aliphatic rings. The first-order valence-corrected chi connectivity index (χ1v) is 10.0. The molecule has 27 heavy (non-hydrogen) atoms. The Balaban J connectivity index is 0.00000261. The molecule has 0 radical (unpaired) electrons. The number of benzene rings is 1. The van der Waals surface area contributed by atoms with Gasteiger partial charge in [-0.05, 0) is 75.2 Å². The van der Waals surface area contributed by atoms with Crippen molar-refractivity contribution in [3.05, 3.63) is 29.8 Å². The lowest BCUT2D eigenvalue weighted by Crippen LogP contribution is -2.35. The van der Waals surface area contributed by atoms with Crippen LogP contribution in [0.25, 0.3) is 0 Å². The maximum absolute atomic E-state index is 12.6. The molecule has 2 atom stereocenters. The van der Waals surface area contributed by atoms with Crippen LogP contribution in [-0.2, 0) is 4.79 Å². The van der Waals surface area contributed by atoms with Gasteiger partial charge in [0.25, 0.3) is 5.91 Å².